The smallest absolute Gasteiger partial charge is 0.124 e. The van der Waals surface area contributed by atoms with Crippen LogP contribution in [0.3, 0.4) is 0 Å². The fourth-order valence-corrected chi connectivity index (χ4v) is 3.50. The molecule has 1 saturated heterocycles. The van der Waals surface area contributed by atoms with Gasteiger partial charge in [0, 0.05) is 42.7 Å². The maximum Gasteiger partial charge on any atom is 0.124 e. The molecule has 0 amide bonds. The molecule has 4 nitrogen and oxygen atoms in total. The fraction of sp³-hybridized carbons (Fsp3) is 0.647. The number of aliphatic hydroxyl groups is 1. The van der Waals surface area contributed by atoms with E-state index in [0.29, 0.717) is 19.2 Å². The molecule has 3 rings (SSSR count). The predicted molar refractivity (Wildman–Crippen MR) is 88.4 cm³/mol. The highest BCUT2D eigenvalue weighted by molar-refractivity contribution is 6.30. The molecule has 1 aromatic rings. The largest absolute Gasteiger partial charge is 0.490 e. The van der Waals surface area contributed by atoms with Crippen LogP contribution >= 0.6 is 11.6 Å². The summed E-state index contributed by atoms with van der Waals surface area (Å²) in [4.78, 5) is 0. The highest BCUT2D eigenvalue weighted by Crippen LogP contribution is 2.28. The zero-order valence-corrected chi connectivity index (χ0v) is 13.6. The monoisotopic (exact) mass is 324 g/mol. The lowest BCUT2D eigenvalue weighted by Gasteiger charge is -2.18. The van der Waals surface area contributed by atoms with Gasteiger partial charge in [-0.3, -0.25) is 0 Å². The van der Waals surface area contributed by atoms with Gasteiger partial charge in [0.2, 0.25) is 0 Å². The summed E-state index contributed by atoms with van der Waals surface area (Å²) >= 11 is 6.13. The maximum atomic E-state index is 9.83. The molecule has 2 atom stereocenters. The number of aliphatic hydroxyl groups excluding tert-OH is 1. The first-order chi connectivity index (χ1) is 10.7. The van der Waals surface area contributed by atoms with Gasteiger partial charge in [-0.25, -0.2) is 0 Å². The van der Waals surface area contributed by atoms with Crippen molar-refractivity contribution in [1.82, 2.24) is 10.6 Å². The lowest BCUT2D eigenvalue weighted by atomic mass is 10.1. The van der Waals surface area contributed by atoms with E-state index in [9.17, 15) is 5.11 Å². The number of nitrogens with one attached hydrogen (secondary N) is 2. The molecule has 1 aliphatic carbocycles. The van der Waals surface area contributed by atoms with Crippen molar-refractivity contribution in [1.29, 1.82) is 0 Å². The number of hydrogen-bond acceptors (Lipinski definition) is 4. The van der Waals surface area contributed by atoms with Gasteiger partial charge >= 0.3 is 0 Å². The van der Waals surface area contributed by atoms with Crippen molar-refractivity contribution in [2.24, 2.45) is 5.92 Å². The Morgan fingerprint density at radius 1 is 1.27 bits per heavy atom. The van der Waals surface area contributed by atoms with Crippen molar-refractivity contribution in [3.63, 3.8) is 0 Å². The molecule has 2 aliphatic rings. The van der Waals surface area contributed by atoms with E-state index in [4.69, 9.17) is 16.3 Å². The van der Waals surface area contributed by atoms with E-state index >= 15 is 0 Å². The van der Waals surface area contributed by atoms with E-state index in [-0.39, 0.29) is 12.0 Å². The van der Waals surface area contributed by atoms with E-state index in [0.717, 1.165) is 42.3 Å². The first-order valence-electron chi connectivity index (χ1n) is 8.27. The zero-order valence-electron chi connectivity index (χ0n) is 12.9. The van der Waals surface area contributed by atoms with Crippen LogP contribution in [0.1, 0.15) is 31.2 Å². The van der Waals surface area contributed by atoms with Gasteiger partial charge in [0.15, 0.2) is 0 Å². The minimum absolute atomic E-state index is 0.249. The van der Waals surface area contributed by atoms with Crippen LogP contribution in [0.4, 0.5) is 0 Å². The molecule has 2 fully saturated rings. The van der Waals surface area contributed by atoms with Crippen molar-refractivity contribution in [2.75, 3.05) is 19.6 Å². The summed E-state index contributed by atoms with van der Waals surface area (Å²) < 4.78 is 6.14. The highest BCUT2D eigenvalue weighted by Gasteiger charge is 2.24. The second kappa shape index (κ2) is 7.64. The van der Waals surface area contributed by atoms with Gasteiger partial charge in [0.1, 0.15) is 5.75 Å². The van der Waals surface area contributed by atoms with Crippen LogP contribution in [-0.2, 0) is 6.54 Å². The van der Waals surface area contributed by atoms with Gasteiger partial charge in [-0.2, -0.15) is 0 Å². The molecule has 2 unspecified atom stereocenters. The minimum atomic E-state index is -0.249. The zero-order chi connectivity index (χ0) is 15.4. The summed E-state index contributed by atoms with van der Waals surface area (Å²) in [5.74, 6) is 1.22. The Balaban J connectivity index is 1.57. The summed E-state index contributed by atoms with van der Waals surface area (Å²) in [6.07, 6.45) is 4.92. The lowest BCUT2D eigenvalue weighted by molar-refractivity contribution is 0.146. The van der Waals surface area contributed by atoms with E-state index in [1.54, 1.807) is 0 Å². The van der Waals surface area contributed by atoms with Gasteiger partial charge < -0.3 is 20.5 Å². The Hall–Kier alpha value is -0.810. The number of benzene rings is 1. The molecular formula is C17H25ClN2O2. The van der Waals surface area contributed by atoms with Gasteiger partial charge in [-0.1, -0.05) is 11.6 Å². The first-order valence-corrected chi connectivity index (χ1v) is 8.65. The summed E-state index contributed by atoms with van der Waals surface area (Å²) in [7, 11) is 0. The number of β-amino-alcohol motifs (C(OH)–C–C–N with tert-alkyl or cyclic N) is 1. The Kier molecular flexibility index (Phi) is 5.58. The second-order valence-corrected chi connectivity index (χ2v) is 6.83. The van der Waals surface area contributed by atoms with E-state index < -0.39 is 0 Å². The predicted octanol–water partition coefficient (Wildman–Crippen LogP) is 2.33. The molecule has 0 radical (unpaired) electrons. The molecule has 1 heterocycles. The minimum Gasteiger partial charge on any atom is -0.490 e. The van der Waals surface area contributed by atoms with Crippen LogP contribution in [0.15, 0.2) is 18.2 Å². The van der Waals surface area contributed by atoms with Gasteiger partial charge in [-0.15, -0.1) is 0 Å². The van der Waals surface area contributed by atoms with Crippen molar-refractivity contribution >= 4 is 11.6 Å². The molecule has 5 heteroatoms. The molecule has 0 bridgehead atoms. The van der Waals surface area contributed by atoms with Crippen molar-refractivity contribution in [2.45, 2.75) is 44.4 Å². The third kappa shape index (κ3) is 4.13. The van der Waals surface area contributed by atoms with Crippen molar-refractivity contribution < 1.29 is 9.84 Å². The SMILES string of the molecule is OC1CNCC1CNCc1cc(Cl)ccc1OC1CCCC1. The van der Waals surface area contributed by atoms with Gasteiger partial charge in [-0.05, 0) is 43.9 Å². The van der Waals surface area contributed by atoms with Crippen molar-refractivity contribution in [3.8, 4) is 5.75 Å². The normalized spacial score (nSPS) is 25.7. The molecule has 1 aliphatic heterocycles. The quantitative estimate of drug-likeness (QED) is 0.752. The molecule has 22 heavy (non-hydrogen) atoms. The molecule has 3 N–H and O–H groups in total. The fourth-order valence-electron chi connectivity index (χ4n) is 3.31. The number of halogens is 1. The van der Waals surface area contributed by atoms with Crippen LogP contribution in [0.25, 0.3) is 0 Å². The maximum absolute atomic E-state index is 9.83. The molecular weight excluding hydrogens is 300 g/mol. The third-order valence-corrected chi connectivity index (χ3v) is 4.88. The average molecular weight is 325 g/mol. The molecule has 1 aromatic carbocycles. The summed E-state index contributed by atoms with van der Waals surface area (Å²) in [6, 6.07) is 5.84. The average Bonchev–Trinajstić information content (AvgIpc) is 3.14. The number of rotatable bonds is 6. The Morgan fingerprint density at radius 3 is 2.82 bits per heavy atom. The van der Waals surface area contributed by atoms with Crippen LogP contribution in [0, 0.1) is 5.92 Å². The first kappa shape index (κ1) is 16.1. The highest BCUT2D eigenvalue weighted by atomic mass is 35.5. The van der Waals surface area contributed by atoms with Gasteiger partial charge in [0.05, 0.1) is 12.2 Å². The van der Waals surface area contributed by atoms with E-state index in [1.165, 1.54) is 12.8 Å². The van der Waals surface area contributed by atoms with Gasteiger partial charge in [0.25, 0.3) is 0 Å². The molecule has 1 saturated carbocycles. The third-order valence-electron chi connectivity index (χ3n) is 4.64. The Bertz CT molecular complexity index is 492. The van der Waals surface area contributed by atoms with Crippen LogP contribution < -0.4 is 15.4 Å². The van der Waals surface area contributed by atoms with Crippen molar-refractivity contribution in [3.05, 3.63) is 28.8 Å². The summed E-state index contributed by atoms with van der Waals surface area (Å²) in [6.45, 7) is 3.07. The van der Waals surface area contributed by atoms with E-state index in [2.05, 4.69) is 10.6 Å². The van der Waals surface area contributed by atoms with Crippen LogP contribution in [0.2, 0.25) is 5.02 Å². The van der Waals surface area contributed by atoms with Crippen LogP contribution in [0.5, 0.6) is 5.75 Å². The topological polar surface area (TPSA) is 53.5 Å². The molecule has 0 spiro atoms. The summed E-state index contributed by atoms with van der Waals surface area (Å²) in [5.41, 5.74) is 1.10. The molecule has 0 aromatic heterocycles. The Morgan fingerprint density at radius 2 is 2.09 bits per heavy atom. The van der Waals surface area contributed by atoms with Crippen LogP contribution in [-0.4, -0.2) is 36.9 Å². The van der Waals surface area contributed by atoms with E-state index in [1.807, 2.05) is 18.2 Å². The Labute approximate surface area is 137 Å². The standard InChI is InChI=1S/C17H25ClN2O2/c18-14-5-6-17(22-15-3-1-2-4-15)12(7-14)8-19-9-13-10-20-11-16(13)21/h5-7,13,15-16,19-21H,1-4,8-11H2. The number of hydrogen-bond donors (Lipinski definition) is 3. The molecule has 122 valence electrons. The lowest BCUT2D eigenvalue weighted by Crippen LogP contribution is -2.30. The number of ether oxygens (including phenoxy) is 1. The summed E-state index contributed by atoms with van der Waals surface area (Å²) in [5, 5.41) is 17.2. The second-order valence-electron chi connectivity index (χ2n) is 6.39.